The molecule has 0 saturated heterocycles. The minimum absolute atomic E-state index is 0. The maximum Gasteiger partial charge on any atom is 2.00 e. The van der Waals surface area contributed by atoms with Crippen molar-refractivity contribution in [3.05, 3.63) is 75.0 Å². The van der Waals surface area contributed by atoms with E-state index in [1.807, 2.05) is 42.5 Å². The van der Waals surface area contributed by atoms with Crippen molar-refractivity contribution >= 4 is 11.9 Å². The van der Waals surface area contributed by atoms with E-state index in [1.165, 1.54) is 0 Å². The molecule has 0 atom stereocenters. The predicted molar refractivity (Wildman–Crippen MR) is 74.6 cm³/mol. The first-order chi connectivity index (χ1) is 7.36. The van der Waals surface area contributed by atoms with Gasteiger partial charge < -0.3 is 20.0 Å². The summed E-state index contributed by atoms with van der Waals surface area (Å²) < 4.78 is 0. The van der Waals surface area contributed by atoms with E-state index < -0.39 is 0 Å². The van der Waals surface area contributed by atoms with E-state index in [0.717, 1.165) is 11.3 Å². The number of hydrogen-bond donors (Lipinski definition) is 1. The molecule has 18 heavy (non-hydrogen) atoms. The second-order valence-electron chi connectivity index (χ2n) is 3.15. The molecular formula is C15H17NOTi. The zero-order valence-corrected chi connectivity index (χ0v) is 12.2. The molecular weight excluding hydrogens is 258 g/mol. The van der Waals surface area contributed by atoms with Crippen LogP contribution in [0.2, 0.25) is 0 Å². The van der Waals surface area contributed by atoms with Gasteiger partial charge in [0.25, 0.3) is 0 Å². The number of para-hydroxylation sites is 2. The summed E-state index contributed by atoms with van der Waals surface area (Å²) in [4.78, 5) is 4.25. The van der Waals surface area contributed by atoms with E-state index in [2.05, 4.69) is 4.99 Å². The summed E-state index contributed by atoms with van der Waals surface area (Å²) in [6.45, 7) is 0. The molecule has 0 aromatic heterocycles. The second kappa shape index (κ2) is 9.63. The predicted octanol–water partition coefficient (Wildman–Crippen LogP) is 4.04. The topological polar surface area (TPSA) is 32.6 Å². The first-order valence-electron chi connectivity index (χ1n) is 4.73. The van der Waals surface area contributed by atoms with E-state index >= 15 is 0 Å². The van der Waals surface area contributed by atoms with Gasteiger partial charge in [-0.3, -0.25) is 4.99 Å². The van der Waals surface area contributed by atoms with Crippen LogP contribution in [0, 0.1) is 14.9 Å². The van der Waals surface area contributed by atoms with Crippen molar-refractivity contribution in [3.63, 3.8) is 0 Å². The summed E-state index contributed by atoms with van der Waals surface area (Å²) in [6.07, 6.45) is 1.66. The van der Waals surface area contributed by atoms with Crippen molar-refractivity contribution in [3.8, 4) is 5.75 Å². The van der Waals surface area contributed by atoms with Crippen LogP contribution < -0.4 is 0 Å². The van der Waals surface area contributed by atoms with Crippen LogP contribution in [0.25, 0.3) is 0 Å². The van der Waals surface area contributed by atoms with Crippen LogP contribution in [-0.4, -0.2) is 11.3 Å². The zero-order chi connectivity index (χ0) is 10.5. The van der Waals surface area contributed by atoms with E-state index in [4.69, 9.17) is 0 Å². The quantitative estimate of drug-likeness (QED) is 0.500. The van der Waals surface area contributed by atoms with Crippen LogP contribution in [0.3, 0.4) is 0 Å². The molecule has 0 spiro atoms. The number of phenolic OH excluding ortho intramolecular Hbond substituents is 1. The second-order valence-corrected chi connectivity index (χ2v) is 3.15. The number of hydrogen-bond acceptors (Lipinski definition) is 2. The van der Waals surface area contributed by atoms with Crippen molar-refractivity contribution < 1.29 is 26.8 Å². The third kappa shape index (κ3) is 5.30. The van der Waals surface area contributed by atoms with Gasteiger partial charge in [0.1, 0.15) is 5.75 Å². The van der Waals surface area contributed by atoms with Gasteiger partial charge in [0.2, 0.25) is 0 Å². The Balaban J connectivity index is 0. The van der Waals surface area contributed by atoms with Crippen molar-refractivity contribution in [1.29, 1.82) is 0 Å². The minimum atomic E-state index is 0. The fraction of sp³-hybridized carbons (Fsp3) is 0. The Morgan fingerprint density at radius 1 is 0.833 bits per heavy atom. The Kier molecular flexibility index (Phi) is 10.2. The summed E-state index contributed by atoms with van der Waals surface area (Å²) in [6, 6.07) is 16.7. The smallest absolute Gasteiger partial charge is 0.507 e. The van der Waals surface area contributed by atoms with E-state index in [-0.39, 0.29) is 42.3 Å². The van der Waals surface area contributed by atoms with Gasteiger partial charge in [0.15, 0.2) is 0 Å². The molecule has 2 aromatic rings. The van der Waals surface area contributed by atoms with Crippen LogP contribution in [0.4, 0.5) is 5.69 Å². The van der Waals surface area contributed by atoms with Crippen molar-refractivity contribution in [2.45, 2.75) is 0 Å². The number of aliphatic imine (C=N–C) groups is 1. The van der Waals surface area contributed by atoms with E-state index in [9.17, 15) is 5.11 Å². The molecule has 2 aromatic carbocycles. The van der Waals surface area contributed by atoms with Crippen LogP contribution in [0.1, 0.15) is 5.56 Å². The molecule has 0 fully saturated rings. The van der Waals surface area contributed by atoms with Crippen LogP contribution in [-0.2, 0) is 21.7 Å². The molecule has 0 aliphatic heterocycles. The standard InChI is InChI=1S/C13H11NO.2CH3.Ti/c15-13-9-5-4-6-11(13)10-14-12-7-2-1-3-8-12;;;/h1-10,15H;2*1H3;/q;2*-1;+2. The van der Waals surface area contributed by atoms with Gasteiger partial charge in [-0.1, -0.05) is 30.3 Å². The summed E-state index contributed by atoms with van der Waals surface area (Å²) in [5.74, 6) is 0.247. The van der Waals surface area contributed by atoms with Gasteiger partial charge in [0, 0.05) is 11.8 Å². The maximum absolute atomic E-state index is 9.50. The fourth-order valence-corrected chi connectivity index (χ4v) is 1.25. The Labute approximate surface area is 124 Å². The summed E-state index contributed by atoms with van der Waals surface area (Å²) in [7, 11) is 0. The van der Waals surface area contributed by atoms with Crippen molar-refractivity contribution in [2.24, 2.45) is 4.99 Å². The molecule has 92 valence electrons. The van der Waals surface area contributed by atoms with Gasteiger partial charge in [-0.05, 0) is 24.3 Å². The normalized spacial score (nSPS) is 8.89. The minimum Gasteiger partial charge on any atom is -0.507 e. The zero-order valence-electron chi connectivity index (χ0n) is 10.7. The molecule has 0 aliphatic rings. The average Bonchev–Trinajstić information content (AvgIpc) is 2.29. The molecule has 0 aliphatic carbocycles. The maximum atomic E-state index is 9.50. The Morgan fingerprint density at radius 2 is 1.39 bits per heavy atom. The van der Waals surface area contributed by atoms with Gasteiger partial charge in [-0.15, -0.1) is 0 Å². The number of aromatic hydroxyl groups is 1. The molecule has 0 heterocycles. The van der Waals surface area contributed by atoms with Crippen molar-refractivity contribution in [2.75, 3.05) is 0 Å². The first-order valence-corrected chi connectivity index (χ1v) is 4.73. The number of phenols is 1. The average molecular weight is 275 g/mol. The molecule has 1 N–H and O–H groups in total. The van der Waals surface area contributed by atoms with E-state index in [1.54, 1.807) is 18.3 Å². The van der Waals surface area contributed by atoms with Crippen LogP contribution in [0.5, 0.6) is 5.75 Å². The van der Waals surface area contributed by atoms with Crippen LogP contribution >= 0.6 is 0 Å². The number of nitrogens with zero attached hydrogens (tertiary/aromatic N) is 1. The van der Waals surface area contributed by atoms with Gasteiger partial charge >= 0.3 is 21.7 Å². The summed E-state index contributed by atoms with van der Waals surface area (Å²) in [5, 5.41) is 9.50. The summed E-state index contributed by atoms with van der Waals surface area (Å²) in [5.41, 5.74) is 1.60. The fourth-order valence-electron chi connectivity index (χ4n) is 1.25. The first kappa shape index (κ1) is 19.0. The third-order valence-corrected chi connectivity index (χ3v) is 2.05. The number of benzene rings is 2. The monoisotopic (exact) mass is 275 g/mol. The Bertz CT molecular complexity index is 469. The largest absolute Gasteiger partial charge is 2.00 e. The van der Waals surface area contributed by atoms with Crippen LogP contribution in [0.15, 0.2) is 59.6 Å². The third-order valence-electron chi connectivity index (χ3n) is 2.05. The Morgan fingerprint density at radius 3 is 2.00 bits per heavy atom. The van der Waals surface area contributed by atoms with Gasteiger partial charge in [-0.2, -0.15) is 0 Å². The van der Waals surface area contributed by atoms with E-state index in [0.29, 0.717) is 0 Å². The van der Waals surface area contributed by atoms with Gasteiger partial charge in [0.05, 0.1) is 5.69 Å². The molecule has 3 heteroatoms. The molecule has 0 unspecified atom stereocenters. The Hall–Kier alpha value is -1.38. The molecule has 0 radical (unpaired) electrons. The molecule has 2 rings (SSSR count). The molecule has 0 bridgehead atoms. The number of rotatable bonds is 2. The summed E-state index contributed by atoms with van der Waals surface area (Å²) >= 11 is 0. The molecule has 0 saturated carbocycles. The van der Waals surface area contributed by atoms with Crippen molar-refractivity contribution in [1.82, 2.24) is 0 Å². The SMILES string of the molecule is Oc1ccccc1C=Nc1ccccc1.[CH3-].[CH3-].[Ti+2]. The molecule has 2 nitrogen and oxygen atoms in total. The molecule has 0 amide bonds. The van der Waals surface area contributed by atoms with Gasteiger partial charge in [-0.25, -0.2) is 0 Å².